The van der Waals surface area contributed by atoms with Crippen LogP contribution in [0.25, 0.3) is 0 Å². The van der Waals surface area contributed by atoms with Crippen LogP contribution >= 0.6 is 0 Å². The summed E-state index contributed by atoms with van der Waals surface area (Å²) >= 11 is 0. The first kappa shape index (κ1) is 45.6. The maximum Gasteiger partial charge on any atom is 0.307 e. The molecule has 7 rings (SSSR count). The highest BCUT2D eigenvalue weighted by atomic mass is 28.4. The molecule has 1 heterocycles. The summed E-state index contributed by atoms with van der Waals surface area (Å²) in [5.74, 6) is -0.330. The first-order valence-corrected chi connectivity index (χ1v) is 24.0. The van der Waals surface area contributed by atoms with Crippen LogP contribution < -0.4 is 10.4 Å². The van der Waals surface area contributed by atoms with Crippen LogP contribution in [0.4, 0.5) is 0 Å². The Morgan fingerprint density at radius 2 is 0.905 bits per heavy atom. The topological polar surface area (TPSA) is 66.5 Å². The van der Waals surface area contributed by atoms with Crippen LogP contribution in [-0.4, -0.2) is 62.7 Å². The lowest BCUT2D eigenvalue weighted by Gasteiger charge is -2.54. The Balaban J connectivity index is 1.35. The van der Waals surface area contributed by atoms with Crippen molar-refractivity contribution in [3.05, 3.63) is 217 Å². The predicted molar refractivity (Wildman–Crippen MR) is 254 cm³/mol. The number of carbonyl (C=O) groups excluding carboxylic acids is 1. The quantitative estimate of drug-likeness (QED) is 0.0431. The van der Waals surface area contributed by atoms with Crippen molar-refractivity contribution in [2.24, 2.45) is 0 Å². The van der Waals surface area contributed by atoms with Crippen LogP contribution in [0.3, 0.4) is 0 Å². The minimum absolute atomic E-state index is 0.0481. The minimum atomic E-state index is -3.05. The van der Waals surface area contributed by atoms with E-state index in [0.29, 0.717) is 26.4 Å². The lowest BCUT2D eigenvalue weighted by molar-refractivity contribution is -0.226. The highest BCUT2D eigenvalue weighted by Gasteiger charge is 2.55. The molecule has 0 amide bonds. The van der Waals surface area contributed by atoms with E-state index >= 15 is 0 Å². The number of esters is 1. The second-order valence-electron chi connectivity index (χ2n) is 17.2. The van der Waals surface area contributed by atoms with E-state index in [1.54, 1.807) is 0 Å². The first-order valence-electron chi connectivity index (χ1n) is 22.0. The summed E-state index contributed by atoms with van der Waals surface area (Å²) in [7, 11) is -3.05. The van der Waals surface area contributed by atoms with Gasteiger partial charge in [0.1, 0.15) is 24.9 Å². The zero-order valence-corrected chi connectivity index (χ0v) is 37.8. The monoisotopic (exact) mass is 859 g/mol. The van der Waals surface area contributed by atoms with Gasteiger partial charge in [-0.3, -0.25) is 9.69 Å². The molecule has 1 saturated heterocycles. The fourth-order valence-corrected chi connectivity index (χ4v) is 13.5. The van der Waals surface area contributed by atoms with Crippen LogP contribution in [0.15, 0.2) is 195 Å². The number of hydrogen-bond acceptors (Lipinski definition) is 7. The van der Waals surface area contributed by atoms with E-state index in [4.69, 9.17) is 23.4 Å². The molecule has 63 heavy (non-hydrogen) atoms. The molecular formula is C55H61NO6Si. The van der Waals surface area contributed by atoms with Gasteiger partial charge >= 0.3 is 5.97 Å². The Morgan fingerprint density at radius 1 is 0.540 bits per heavy atom. The van der Waals surface area contributed by atoms with E-state index in [9.17, 15) is 4.79 Å². The third-order valence-electron chi connectivity index (χ3n) is 12.0. The molecule has 6 aromatic rings. The molecule has 8 heteroatoms. The van der Waals surface area contributed by atoms with E-state index in [2.05, 4.69) is 129 Å². The lowest BCUT2D eigenvalue weighted by atomic mass is 9.85. The van der Waals surface area contributed by atoms with Gasteiger partial charge < -0.3 is 23.4 Å². The van der Waals surface area contributed by atoms with Crippen molar-refractivity contribution < 1.29 is 28.2 Å². The van der Waals surface area contributed by atoms with Crippen molar-refractivity contribution in [2.75, 3.05) is 13.2 Å². The van der Waals surface area contributed by atoms with Crippen molar-refractivity contribution in [3.8, 4) is 0 Å². The van der Waals surface area contributed by atoms with E-state index in [1.807, 2.05) is 91.0 Å². The van der Waals surface area contributed by atoms with Gasteiger partial charge in [-0.05, 0) is 37.7 Å². The molecule has 1 fully saturated rings. The highest BCUT2D eigenvalue weighted by Crippen LogP contribution is 2.39. The molecule has 0 aliphatic carbocycles. The predicted octanol–water partition coefficient (Wildman–Crippen LogP) is 9.69. The van der Waals surface area contributed by atoms with E-state index in [-0.39, 0.29) is 30.6 Å². The third-order valence-corrected chi connectivity index (χ3v) is 17.0. The molecule has 5 atom stereocenters. The van der Waals surface area contributed by atoms with Crippen LogP contribution in [0.1, 0.15) is 49.4 Å². The molecule has 0 N–H and O–H groups in total. The van der Waals surface area contributed by atoms with E-state index in [0.717, 1.165) is 22.3 Å². The van der Waals surface area contributed by atoms with Crippen molar-refractivity contribution in [2.45, 2.75) is 89.1 Å². The minimum Gasteiger partial charge on any atom is -0.461 e. The van der Waals surface area contributed by atoms with Gasteiger partial charge in [0.15, 0.2) is 0 Å². The van der Waals surface area contributed by atoms with Crippen molar-refractivity contribution >= 4 is 24.7 Å². The zero-order chi connectivity index (χ0) is 43.9. The average molecular weight is 860 g/mol. The summed E-state index contributed by atoms with van der Waals surface area (Å²) in [5.41, 5.74) is 3.99. The Hall–Kier alpha value is -5.45. The Morgan fingerprint density at radius 3 is 1.30 bits per heavy atom. The number of benzene rings is 6. The molecule has 6 aromatic carbocycles. The number of hydrogen-bond donors (Lipinski definition) is 0. The Labute approximate surface area is 375 Å². The van der Waals surface area contributed by atoms with Gasteiger partial charge in [-0.15, -0.1) is 6.58 Å². The van der Waals surface area contributed by atoms with E-state index < -0.39 is 38.7 Å². The Kier molecular flexibility index (Phi) is 16.1. The van der Waals surface area contributed by atoms with Crippen molar-refractivity contribution in [1.82, 2.24) is 4.90 Å². The van der Waals surface area contributed by atoms with Crippen LogP contribution in [0.2, 0.25) is 5.04 Å². The summed E-state index contributed by atoms with van der Waals surface area (Å²) in [6.45, 7) is 13.0. The van der Waals surface area contributed by atoms with Gasteiger partial charge in [0.25, 0.3) is 8.32 Å². The molecule has 7 nitrogen and oxygen atoms in total. The van der Waals surface area contributed by atoms with Gasteiger partial charge in [-0.2, -0.15) is 0 Å². The molecule has 0 unspecified atom stereocenters. The number of nitrogens with zero attached hydrogens (tertiary/aromatic N) is 1. The average Bonchev–Trinajstić information content (AvgIpc) is 3.32. The normalized spacial score (nSPS) is 19.3. The van der Waals surface area contributed by atoms with Gasteiger partial charge in [0.2, 0.25) is 0 Å². The highest BCUT2D eigenvalue weighted by molar-refractivity contribution is 6.99. The zero-order valence-electron chi connectivity index (χ0n) is 36.8. The fourth-order valence-electron chi connectivity index (χ4n) is 8.93. The second-order valence-corrected chi connectivity index (χ2v) is 21.5. The summed E-state index contributed by atoms with van der Waals surface area (Å²) < 4.78 is 35.2. The molecule has 1 aliphatic heterocycles. The smallest absolute Gasteiger partial charge is 0.307 e. The SMILES string of the molecule is C=CCN1[C@H](CC(=O)OCc2ccccc2)[C@H](OCc2ccccc2)[C@@H](OCc2ccccc2)[C@H](OCc2ccccc2)[C@H]1CO[Si](c1ccccc1)(c1ccccc1)C(C)(C)C. The molecule has 0 radical (unpaired) electrons. The van der Waals surface area contributed by atoms with Crippen LogP contribution in [0, 0.1) is 0 Å². The standard InChI is InChI=1S/C55H61NO6Si/c1-5-36-56-49(37-51(57)58-38-43-24-12-6-13-25-43)52(59-39-44-26-14-7-15-27-44)54(61-41-46-30-18-9-19-31-46)53(60-40-45-28-16-8-17-29-45)50(56)42-62-63(55(2,3)4,47-32-20-10-21-33-47)48-34-22-11-23-35-48/h5-35,49-50,52-54H,1,36-42H2,2-4H3/t49-,50-,52+,53-,54-/m1/s1. The van der Waals surface area contributed by atoms with Crippen LogP contribution in [-0.2, 0) is 54.6 Å². The van der Waals surface area contributed by atoms with Crippen molar-refractivity contribution in [1.29, 1.82) is 0 Å². The number of rotatable bonds is 20. The summed E-state index contributed by atoms with van der Waals surface area (Å²) in [6.07, 6.45) is 0.129. The second kappa shape index (κ2) is 22.3. The third kappa shape index (κ3) is 11.6. The Bertz CT molecular complexity index is 2220. The molecule has 0 bridgehead atoms. The van der Waals surface area contributed by atoms with Gasteiger partial charge in [-0.25, -0.2) is 0 Å². The van der Waals surface area contributed by atoms with Crippen molar-refractivity contribution in [3.63, 3.8) is 0 Å². The van der Waals surface area contributed by atoms with Gasteiger partial charge in [-0.1, -0.05) is 209 Å². The molecule has 1 aliphatic rings. The maximum absolute atomic E-state index is 14.2. The fraction of sp³-hybridized carbons (Fsp3) is 0.291. The molecule has 0 saturated carbocycles. The number of carbonyl (C=O) groups is 1. The molecule has 326 valence electrons. The number of piperidine rings is 1. The summed E-state index contributed by atoms with van der Waals surface area (Å²) in [4.78, 5) is 16.5. The first-order chi connectivity index (χ1) is 30.8. The van der Waals surface area contributed by atoms with E-state index in [1.165, 1.54) is 10.4 Å². The largest absolute Gasteiger partial charge is 0.461 e. The van der Waals surface area contributed by atoms with Gasteiger partial charge in [0.05, 0.1) is 38.9 Å². The summed E-state index contributed by atoms with van der Waals surface area (Å²) in [5, 5.41) is 2.08. The number of ether oxygens (including phenoxy) is 4. The molecular weight excluding hydrogens is 799 g/mol. The van der Waals surface area contributed by atoms with Gasteiger partial charge in [0, 0.05) is 12.6 Å². The van der Waals surface area contributed by atoms with Crippen LogP contribution in [0.5, 0.6) is 0 Å². The number of likely N-dealkylation sites (tertiary alicyclic amines) is 1. The maximum atomic E-state index is 14.2. The lowest BCUT2D eigenvalue weighted by Crippen LogP contribution is -2.72. The molecule has 0 spiro atoms. The summed E-state index contributed by atoms with van der Waals surface area (Å²) in [6, 6.07) is 60.7. The molecule has 0 aromatic heterocycles.